The molecule has 1 saturated heterocycles. The minimum Gasteiger partial charge on any atom is -0.378 e. The van der Waals surface area contributed by atoms with Gasteiger partial charge in [0.15, 0.2) is 0 Å². The van der Waals surface area contributed by atoms with Gasteiger partial charge in [0.05, 0.1) is 6.10 Å². The molecule has 0 radical (unpaired) electrons. The maximum atomic E-state index is 5.51. The molecule has 0 aromatic rings. The van der Waals surface area contributed by atoms with Crippen molar-refractivity contribution in [2.75, 3.05) is 31.7 Å². The van der Waals surface area contributed by atoms with Crippen LogP contribution in [0.15, 0.2) is 0 Å². The van der Waals surface area contributed by atoms with Crippen LogP contribution >= 0.6 is 11.8 Å². The minimum absolute atomic E-state index is 0.548. The van der Waals surface area contributed by atoms with E-state index in [0.29, 0.717) is 6.10 Å². The molecule has 1 N–H and O–H groups in total. The fourth-order valence-corrected chi connectivity index (χ4v) is 1.78. The van der Waals surface area contributed by atoms with Crippen LogP contribution in [0.1, 0.15) is 19.3 Å². The van der Waals surface area contributed by atoms with E-state index in [2.05, 4.69) is 11.6 Å². The largest absolute Gasteiger partial charge is 0.378 e. The first-order valence-electron chi connectivity index (χ1n) is 4.74. The van der Waals surface area contributed by atoms with Gasteiger partial charge in [0.25, 0.3) is 0 Å². The number of rotatable bonds is 6. The third-order valence-electron chi connectivity index (χ3n) is 2.15. The van der Waals surface area contributed by atoms with E-state index in [9.17, 15) is 0 Å². The van der Waals surface area contributed by atoms with E-state index in [1.165, 1.54) is 25.0 Å². The molecule has 0 aromatic heterocycles. The summed E-state index contributed by atoms with van der Waals surface area (Å²) in [5, 5.41) is 3.41. The van der Waals surface area contributed by atoms with E-state index in [4.69, 9.17) is 4.74 Å². The highest BCUT2D eigenvalue weighted by atomic mass is 32.2. The molecular formula is C9H19NOS. The molecule has 3 heteroatoms. The molecule has 0 bridgehead atoms. The van der Waals surface area contributed by atoms with Crippen LogP contribution in [0.3, 0.4) is 0 Å². The van der Waals surface area contributed by atoms with Crippen molar-refractivity contribution in [1.29, 1.82) is 0 Å². The smallest absolute Gasteiger partial charge is 0.0588 e. The molecular weight excluding hydrogens is 170 g/mol. The lowest BCUT2D eigenvalue weighted by molar-refractivity contribution is 0.104. The summed E-state index contributed by atoms with van der Waals surface area (Å²) in [6.07, 6.45) is 6.40. The van der Waals surface area contributed by atoms with Gasteiger partial charge in [-0.2, -0.15) is 11.8 Å². The van der Waals surface area contributed by atoms with Crippen LogP contribution in [-0.2, 0) is 4.74 Å². The molecule has 0 saturated carbocycles. The van der Waals surface area contributed by atoms with Gasteiger partial charge in [-0.25, -0.2) is 0 Å². The second-order valence-corrected chi connectivity index (χ2v) is 4.15. The molecule has 1 rings (SSSR count). The SMILES string of the molecule is CSCCNCCC1CCCO1. The van der Waals surface area contributed by atoms with Gasteiger partial charge in [0.2, 0.25) is 0 Å². The maximum Gasteiger partial charge on any atom is 0.0588 e. The Labute approximate surface area is 79.4 Å². The average Bonchev–Trinajstić information content (AvgIpc) is 2.57. The van der Waals surface area contributed by atoms with E-state index in [1.54, 1.807) is 0 Å². The number of thioether (sulfide) groups is 1. The van der Waals surface area contributed by atoms with Gasteiger partial charge >= 0.3 is 0 Å². The number of ether oxygens (including phenoxy) is 1. The molecule has 0 aliphatic carbocycles. The Balaban J connectivity index is 1.81. The molecule has 2 nitrogen and oxygen atoms in total. The highest BCUT2D eigenvalue weighted by molar-refractivity contribution is 7.98. The molecule has 1 atom stereocenters. The lowest BCUT2D eigenvalue weighted by Crippen LogP contribution is -2.22. The van der Waals surface area contributed by atoms with E-state index in [-0.39, 0.29) is 0 Å². The van der Waals surface area contributed by atoms with Gasteiger partial charge in [0.1, 0.15) is 0 Å². The fourth-order valence-electron chi connectivity index (χ4n) is 1.43. The Bertz CT molecular complexity index is 105. The lowest BCUT2D eigenvalue weighted by Gasteiger charge is -2.09. The molecule has 72 valence electrons. The Hall–Kier alpha value is 0.270. The monoisotopic (exact) mass is 189 g/mol. The highest BCUT2D eigenvalue weighted by Crippen LogP contribution is 2.14. The molecule has 1 fully saturated rings. The molecule has 0 aromatic carbocycles. The van der Waals surface area contributed by atoms with Crippen LogP contribution in [0.2, 0.25) is 0 Å². The predicted molar refractivity (Wildman–Crippen MR) is 54.8 cm³/mol. The Morgan fingerprint density at radius 3 is 3.08 bits per heavy atom. The van der Waals surface area contributed by atoms with E-state index >= 15 is 0 Å². The summed E-state index contributed by atoms with van der Waals surface area (Å²) in [6, 6.07) is 0. The Kier molecular flexibility index (Phi) is 5.82. The first-order chi connectivity index (χ1) is 5.93. The van der Waals surface area contributed by atoms with Crippen LogP contribution in [-0.4, -0.2) is 37.8 Å². The fraction of sp³-hybridized carbons (Fsp3) is 1.00. The molecule has 1 aliphatic heterocycles. The molecule has 1 heterocycles. The van der Waals surface area contributed by atoms with E-state index in [0.717, 1.165) is 19.7 Å². The zero-order chi connectivity index (χ0) is 8.65. The zero-order valence-corrected chi connectivity index (χ0v) is 8.66. The topological polar surface area (TPSA) is 21.3 Å². The van der Waals surface area contributed by atoms with E-state index in [1.807, 2.05) is 11.8 Å². The Morgan fingerprint density at radius 1 is 1.50 bits per heavy atom. The number of hydrogen-bond acceptors (Lipinski definition) is 3. The number of nitrogens with one attached hydrogen (secondary N) is 1. The number of hydrogen-bond donors (Lipinski definition) is 1. The van der Waals surface area contributed by atoms with Gasteiger partial charge in [-0.3, -0.25) is 0 Å². The van der Waals surface area contributed by atoms with Crippen molar-refractivity contribution < 1.29 is 4.74 Å². The molecule has 0 spiro atoms. The van der Waals surface area contributed by atoms with Crippen molar-refractivity contribution >= 4 is 11.8 Å². The third-order valence-corrected chi connectivity index (χ3v) is 2.76. The third kappa shape index (κ3) is 4.33. The summed E-state index contributed by atoms with van der Waals surface area (Å²) < 4.78 is 5.51. The average molecular weight is 189 g/mol. The summed E-state index contributed by atoms with van der Waals surface area (Å²) in [5.74, 6) is 1.21. The van der Waals surface area contributed by atoms with Crippen molar-refractivity contribution in [3.63, 3.8) is 0 Å². The first kappa shape index (κ1) is 10.4. The van der Waals surface area contributed by atoms with Gasteiger partial charge in [-0.05, 0) is 32.1 Å². The van der Waals surface area contributed by atoms with Crippen molar-refractivity contribution in [2.24, 2.45) is 0 Å². The summed E-state index contributed by atoms with van der Waals surface area (Å²) >= 11 is 1.89. The Morgan fingerprint density at radius 2 is 2.42 bits per heavy atom. The molecule has 1 aliphatic rings. The van der Waals surface area contributed by atoms with Gasteiger partial charge in [-0.1, -0.05) is 0 Å². The van der Waals surface area contributed by atoms with Crippen LogP contribution in [0.5, 0.6) is 0 Å². The maximum absolute atomic E-state index is 5.51. The van der Waals surface area contributed by atoms with Crippen molar-refractivity contribution in [1.82, 2.24) is 5.32 Å². The first-order valence-corrected chi connectivity index (χ1v) is 6.14. The van der Waals surface area contributed by atoms with Crippen LogP contribution < -0.4 is 5.32 Å². The minimum atomic E-state index is 0.548. The summed E-state index contributed by atoms with van der Waals surface area (Å²) in [7, 11) is 0. The second kappa shape index (κ2) is 6.75. The standard InChI is InChI=1S/C9H19NOS/c1-12-8-6-10-5-4-9-3-2-7-11-9/h9-10H,2-8H2,1H3. The molecule has 1 unspecified atom stereocenters. The van der Waals surface area contributed by atoms with Crippen molar-refractivity contribution in [3.8, 4) is 0 Å². The van der Waals surface area contributed by atoms with Gasteiger partial charge in [0, 0.05) is 18.9 Å². The molecule has 12 heavy (non-hydrogen) atoms. The quantitative estimate of drug-likeness (QED) is 0.640. The molecule has 0 amide bonds. The summed E-state index contributed by atoms with van der Waals surface area (Å²) in [4.78, 5) is 0. The zero-order valence-electron chi connectivity index (χ0n) is 7.84. The van der Waals surface area contributed by atoms with Gasteiger partial charge in [-0.15, -0.1) is 0 Å². The van der Waals surface area contributed by atoms with Gasteiger partial charge < -0.3 is 10.1 Å². The van der Waals surface area contributed by atoms with Crippen molar-refractivity contribution in [3.05, 3.63) is 0 Å². The lowest BCUT2D eigenvalue weighted by atomic mass is 10.2. The van der Waals surface area contributed by atoms with E-state index < -0.39 is 0 Å². The normalized spacial score (nSPS) is 23.2. The van der Waals surface area contributed by atoms with Crippen LogP contribution in [0, 0.1) is 0 Å². The summed E-state index contributed by atoms with van der Waals surface area (Å²) in [6.45, 7) is 3.23. The van der Waals surface area contributed by atoms with Crippen LogP contribution in [0.25, 0.3) is 0 Å². The van der Waals surface area contributed by atoms with Crippen molar-refractivity contribution in [2.45, 2.75) is 25.4 Å². The summed E-state index contributed by atoms with van der Waals surface area (Å²) in [5.41, 5.74) is 0. The predicted octanol–water partition coefficient (Wildman–Crippen LogP) is 1.51. The second-order valence-electron chi connectivity index (χ2n) is 3.17. The van der Waals surface area contributed by atoms with Crippen LogP contribution in [0.4, 0.5) is 0 Å². The highest BCUT2D eigenvalue weighted by Gasteiger charge is 2.13.